The van der Waals surface area contributed by atoms with Crippen molar-refractivity contribution in [1.29, 1.82) is 0 Å². The molecule has 0 aliphatic carbocycles. The number of oxazole rings is 1. The fraction of sp³-hybridized carbons (Fsp3) is 0. The zero-order valence-electron chi connectivity index (χ0n) is 14.8. The molecule has 0 N–H and O–H groups in total. The van der Waals surface area contributed by atoms with E-state index >= 15 is 0 Å². The lowest BCUT2D eigenvalue weighted by atomic mass is 10.2. The molecule has 1 aromatic heterocycles. The van der Waals surface area contributed by atoms with E-state index in [1.165, 1.54) is 18.2 Å². The molecule has 0 atom stereocenters. The highest BCUT2D eigenvalue weighted by molar-refractivity contribution is 7.87. The minimum atomic E-state index is -4.38. The third-order valence-electron chi connectivity index (χ3n) is 4.06. The molecular formula is C19H10Cl2N2O6S. The minimum Gasteiger partial charge on any atom is -0.436 e. The molecule has 0 unspecified atom stereocenters. The summed E-state index contributed by atoms with van der Waals surface area (Å²) in [6.07, 6.45) is 0. The molecule has 8 nitrogen and oxygen atoms in total. The number of aromatic nitrogens is 1. The summed E-state index contributed by atoms with van der Waals surface area (Å²) >= 11 is 11.8. The number of non-ortho nitro benzene ring substituents is 1. The molecule has 0 bridgehead atoms. The summed E-state index contributed by atoms with van der Waals surface area (Å²) < 4.78 is 36.4. The minimum absolute atomic E-state index is 0.00550. The second kappa shape index (κ2) is 7.60. The van der Waals surface area contributed by atoms with E-state index in [0.29, 0.717) is 11.1 Å². The molecule has 4 aromatic rings. The molecule has 0 spiro atoms. The normalized spacial score (nSPS) is 11.5. The van der Waals surface area contributed by atoms with Gasteiger partial charge in [-0.25, -0.2) is 4.98 Å². The quantitative estimate of drug-likeness (QED) is 0.218. The second-order valence-electron chi connectivity index (χ2n) is 6.04. The fourth-order valence-electron chi connectivity index (χ4n) is 2.70. The number of nitrogens with zero attached hydrogens (tertiary/aromatic N) is 2. The Morgan fingerprint density at radius 3 is 2.50 bits per heavy atom. The Kier molecular flexibility index (Phi) is 5.10. The number of para-hydroxylation sites is 2. The van der Waals surface area contributed by atoms with Gasteiger partial charge in [-0.05, 0) is 36.4 Å². The summed E-state index contributed by atoms with van der Waals surface area (Å²) in [5, 5.41) is 11.3. The van der Waals surface area contributed by atoms with Gasteiger partial charge in [0.1, 0.15) is 10.4 Å². The van der Waals surface area contributed by atoms with Crippen molar-refractivity contribution in [1.82, 2.24) is 4.98 Å². The van der Waals surface area contributed by atoms with E-state index in [1.54, 1.807) is 24.3 Å². The van der Waals surface area contributed by atoms with Crippen molar-refractivity contribution < 1.29 is 21.9 Å². The monoisotopic (exact) mass is 464 g/mol. The summed E-state index contributed by atoms with van der Waals surface area (Å²) in [5.74, 6) is -0.245. The molecule has 152 valence electrons. The number of nitro groups is 1. The number of benzene rings is 3. The first-order chi connectivity index (χ1) is 14.2. The van der Waals surface area contributed by atoms with E-state index in [0.717, 1.165) is 18.2 Å². The van der Waals surface area contributed by atoms with Crippen LogP contribution in [0.15, 0.2) is 70.0 Å². The molecule has 0 saturated heterocycles. The maximum absolute atomic E-state index is 12.8. The molecule has 1 heterocycles. The maximum Gasteiger partial charge on any atom is 0.340 e. The van der Waals surface area contributed by atoms with E-state index in [2.05, 4.69) is 4.98 Å². The number of fused-ring (bicyclic) bond motifs is 1. The van der Waals surface area contributed by atoms with Crippen molar-refractivity contribution in [2.45, 2.75) is 4.90 Å². The smallest absolute Gasteiger partial charge is 0.340 e. The molecular weight excluding hydrogens is 455 g/mol. The average molecular weight is 465 g/mol. The van der Waals surface area contributed by atoms with Gasteiger partial charge in [0.05, 0.1) is 15.5 Å². The van der Waals surface area contributed by atoms with Gasteiger partial charge in [0.15, 0.2) is 11.3 Å². The van der Waals surface area contributed by atoms with Crippen molar-refractivity contribution in [2.75, 3.05) is 0 Å². The van der Waals surface area contributed by atoms with Crippen LogP contribution in [0.25, 0.3) is 22.6 Å². The van der Waals surface area contributed by atoms with Gasteiger partial charge in [0.25, 0.3) is 5.69 Å². The highest BCUT2D eigenvalue weighted by Gasteiger charge is 2.25. The van der Waals surface area contributed by atoms with Crippen molar-refractivity contribution in [3.05, 3.63) is 80.8 Å². The lowest BCUT2D eigenvalue weighted by Crippen LogP contribution is -2.11. The first-order valence-electron chi connectivity index (χ1n) is 8.28. The molecule has 0 fully saturated rings. The fourth-order valence-corrected chi connectivity index (χ4v) is 4.40. The second-order valence-corrected chi connectivity index (χ2v) is 8.39. The van der Waals surface area contributed by atoms with Crippen molar-refractivity contribution in [2.24, 2.45) is 0 Å². The SMILES string of the molecule is O=[N+]([O-])c1ccc(OS(=O)(=O)c2ccc(Cl)cc2Cl)c(-c2nc3ccccc3o2)c1. The van der Waals surface area contributed by atoms with Crippen LogP contribution >= 0.6 is 23.2 Å². The Labute approximate surface area is 179 Å². The number of hydrogen-bond acceptors (Lipinski definition) is 7. The summed E-state index contributed by atoms with van der Waals surface area (Å²) in [4.78, 5) is 14.6. The first-order valence-corrected chi connectivity index (χ1v) is 10.4. The Morgan fingerprint density at radius 1 is 1.03 bits per heavy atom. The highest BCUT2D eigenvalue weighted by Crippen LogP contribution is 2.37. The highest BCUT2D eigenvalue weighted by atomic mass is 35.5. The van der Waals surface area contributed by atoms with Crippen molar-refractivity contribution in [3.63, 3.8) is 0 Å². The lowest BCUT2D eigenvalue weighted by Gasteiger charge is -2.11. The molecule has 3 aromatic carbocycles. The number of hydrogen-bond donors (Lipinski definition) is 0. The van der Waals surface area contributed by atoms with Crippen LogP contribution in [0.3, 0.4) is 0 Å². The Hall–Kier alpha value is -3.14. The van der Waals surface area contributed by atoms with Crippen LogP contribution in [-0.2, 0) is 10.1 Å². The van der Waals surface area contributed by atoms with E-state index in [-0.39, 0.29) is 37.8 Å². The van der Waals surface area contributed by atoms with E-state index in [9.17, 15) is 18.5 Å². The van der Waals surface area contributed by atoms with Gasteiger partial charge in [0, 0.05) is 17.2 Å². The molecule has 4 rings (SSSR count). The van der Waals surface area contributed by atoms with Crippen molar-refractivity contribution >= 4 is 50.1 Å². The average Bonchev–Trinajstić information content (AvgIpc) is 3.11. The van der Waals surface area contributed by atoms with Gasteiger partial charge in [-0.2, -0.15) is 8.42 Å². The third kappa shape index (κ3) is 3.82. The van der Waals surface area contributed by atoms with Gasteiger partial charge in [0.2, 0.25) is 5.89 Å². The molecule has 0 amide bonds. The topological polar surface area (TPSA) is 113 Å². The van der Waals surface area contributed by atoms with E-state index < -0.39 is 15.0 Å². The molecule has 0 aliphatic rings. The van der Waals surface area contributed by atoms with Crippen molar-refractivity contribution in [3.8, 4) is 17.2 Å². The molecule has 0 saturated carbocycles. The largest absolute Gasteiger partial charge is 0.436 e. The first kappa shape index (κ1) is 20.1. The van der Waals surface area contributed by atoms with E-state index in [4.69, 9.17) is 31.8 Å². The molecule has 30 heavy (non-hydrogen) atoms. The van der Waals surface area contributed by atoms with E-state index in [1.807, 2.05) is 0 Å². The maximum atomic E-state index is 12.8. The van der Waals surface area contributed by atoms with Gasteiger partial charge in [-0.1, -0.05) is 35.3 Å². The number of rotatable bonds is 5. The molecule has 0 aliphatic heterocycles. The van der Waals surface area contributed by atoms with Crippen LogP contribution in [-0.4, -0.2) is 18.3 Å². The number of halogens is 2. The van der Waals surface area contributed by atoms with Crippen LogP contribution < -0.4 is 4.18 Å². The lowest BCUT2D eigenvalue weighted by molar-refractivity contribution is -0.384. The zero-order valence-corrected chi connectivity index (χ0v) is 17.1. The van der Waals surface area contributed by atoms with Crippen LogP contribution in [0.5, 0.6) is 5.75 Å². The van der Waals surface area contributed by atoms with Gasteiger partial charge < -0.3 is 8.60 Å². The van der Waals surface area contributed by atoms with Gasteiger partial charge in [-0.15, -0.1) is 0 Å². The molecule has 11 heteroatoms. The summed E-state index contributed by atoms with van der Waals surface area (Å²) in [5.41, 5.74) is 0.623. The summed E-state index contributed by atoms with van der Waals surface area (Å²) in [7, 11) is -4.38. The summed E-state index contributed by atoms with van der Waals surface area (Å²) in [6, 6.07) is 14.0. The Balaban J connectivity index is 1.84. The van der Waals surface area contributed by atoms with Gasteiger partial charge in [-0.3, -0.25) is 10.1 Å². The Bertz CT molecular complexity index is 1370. The summed E-state index contributed by atoms with van der Waals surface area (Å²) in [6.45, 7) is 0. The molecule has 0 radical (unpaired) electrons. The predicted octanol–water partition coefficient (Wildman–Crippen LogP) is 5.48. The van der Waals surface area contributed by atoms with Crippen LogP contribution in [0.1, 0.15) is 0 Å². The predicted molar refractivity (Wildman–Crippen MR) is 110 cm³/mol. The number of nitro benzene ring substituents is 1. The zero-order chi connectivity index (χ0) is 21.5. The van der Waals surface area contributed by atoms with Crippen LogP contribution in [0.4, 0.5) is 5.69 Å². The Morgan fingerprint density at radius 2 is 1.80 bits per heavy atom. The van der Waals surface area contributed by atoms with Gasteiger partial charge >= 0.3 is 10.1 Å². The van der Waals surface area contributed by atoms with Crippen LogP contribution in [0.2, 0.25) is 10.0 Å². The standard InChI is InChI=1S/C19H10Cl2N2O6S/c20-11-5-8-18(14(21)9-11)30(26,27)29-16-7-6-12(23(24)25)10-13(16)19-22-15-3-1-2-4-17(15)28-19/h1-10H. The third-order valence-corrected chi connectivity index (χ3v) is 6.01. The van der Waals surface area contributed by atoms with Crippen LogP contribution in [0, 0.1) is 10.1 Å².